The summed E-state index contributed by atoms with van der Waals surface area (Å²) in [6.07, 6.45) is 6.97. The van der Waals surface area contributed by atoms with E-state index in [9.17, 15) is 19.5 Å². The molecule has 3 amide bonds. The number of nitrogens with zero attached hydrogens (tertiary/aromatic N) is 1. The van der Waals surface area contributed by atoms with E-state index in [1.807, 2.05) is 31.2 Å². The van der Waals surface area contributed by atoms with E-state index in [-0.39, 0.29) is 5.91 Å². The predicted molar refractivity (Wildman–Crippen MR) is 147 cm³/mol. The molecule has 0 fully saturated rings. The number of carbonyl (C=O) groups is 3. The molecule has 0 heterocycles. The van der Waals surface area contributed by atoms with Crippen molar-refractivity contribution in [1.29, 1.82) is 0 Å². The Kier molecular flexibility index (Phi) is 14.9. The van der Waals surface area contributed by atoms with Crippen molar-refractivity contribution in [3.8, 4) is 0 Å². The molecule has 0 aliphatic rings. The zero-order chi connectivity index (χ0) is 27.8. The van der Waals surface area contributed by atoms with Gasteiger partial charge in [-0.2, -0.15) is 0 Å². The van der Waals surface area contributed by atoms with Gasteiger partial charge in [-0.25, -0.2) is 4.79 Å². The molecule has 0 saturated carbocycles. The zero-order valence-corrected chi connectivity index (χ0v) is 23.8. The fourth-order valence-electron chi connectivity index (χ4n) is 4.08. The van der Waals surface area contributed by atoms with Gasteiger partial charge < -0.3 is 25.4 Å². The third kappa shape index (κ3) is 12.5. The molecule has 2 atom stereocenters. The van der Waals surface area contributed by atoms with Crippen molar-refractivity contribution < 1.29 is 24.2 Å². The molecule has 0 saturated heterocycles. The lowest BCUT2D eigenvalue weighted by atomic mass is 10.00. The molecule has 0 aromatic heterocycles. The maximum atomic E-state index is 13.8. The van der Waals surface area contributed by atoms with Gasteiger partial charge >= 0.3 is 6.09 Å². The van der Waals surface area contributed by atoms with Crippen molar-refractivity contribution in [1.82, 2.24) is 15.5 Å². The summed E-state index contributed by atoms with van der Waals surface area (Å²) in [5.74, 6) is -0.781. The van der Waals surface area contributed by atoms with Crippen LogP contribution in [0.3, 0.4) is 0 Å². The first-order valence-electron chi connectivity index (χ1n) is 13.8. The van der Waals surface area contributed by atoms with Gasteiger partial charge in [0.25, 0.3) is 0 Å². The quantitative estimate of drug-likeness (QED) is 0.266. The number of unbranched alkanes of at least 4 members (excludes halogenated alkanes) is 6. The number of aryl methyl sites for hydroxylation is 1. The minimum Gasteiger partial charge on any atom is -0.444 e. The van der Waals surface area contributed by atoms with Crippen molar-refractivity contribution in [3.63, 3.8) is 0 Å². The number of hydrogen-bond donors (Lipinski definition) is 3. The standard InChI is InChI=1S/C29H49N3O5/c1-7-9-11-12-14-19-32(27(35)24(21-33)31-28(36)37-29(4,5)6)25(23-17-15-16-22(3)20-23)26(34)30-18-13-10-8-2/h15-17,20,24-25,33H,7-14,18-19,21H2,1-6H3,(H,30,34)(H,31,36). The number of aliphatic hydroxyl groups excluding tert-OH is 1. The molecule has 210 valence electrons. The van der Waals surface area contributed by atoms with Gasteiger partial charge in [0.05, 0.1) is 6.61 Å². The van der Waals surface area contributed by atoms with E-state index < -0.39 is 36.3 Å². The predicted octanol–water partition coefficient (Wildman–Crippen LogP) is 5.03. The second-order valence-electron chi connectivity index (χ2n) is 10.6. The van der Waals surface area contributed by atoms with E-state index in [2.05, 4.69) is 24.5 Å². The maximum Gasteiger partial charge on any atom is 0.408 e. The summed E-state index contributed by atoms with van der Waals surface area (Å²) in [7, 11) is 0. The summed E-state index contributed by atoms with van der Waals surface area (Å²) < 4.78 is 5.30. The topological polar surface area (TPSA) is 108 Å². The number of amides is 3. The van der Waals surface area contributed by atoms with Gasteiger partial charge in [0, 0.05) is 13.1 Å². The summed E-state index contributed by atoms with van der Waals surface area (Å²) in [5, 5.41) is 15.6. The van der Waals surface area contributed by atoms with Gasteiger partial charge in [-0.15, -0.1) is 0 Å². The average Bonchev–Trinajstić information content (AvgIpc) is 2.82. The third-order valence-electron chi connectivity index (χ3n) is 5.95. The Morgan fingerprint density at radius 1 is 1.00 bits per heavy atom. The smallest absolute Gasteiger partial charge is 0.408 e. The van der Waals surface area contributed by atoms with Crippen LogP contribution >= 0.6 is 0 Å². The monoisotopic (exact) mass is 519 g/mol. The highest BCUT2D eigenvalue weighted by atomic mass is 16.6. The lowest BCUT2D eigenvalue weighted by Gasteiger charge is -2.34. The Hall–Kier alpha value is -2.61. The molecule has 0 radical (unpaired) electrons. The number of aliphatic hydroxyl groups is 1. The lowest BCUT2D eigenvalue weighted by molar-refractivity contribution is -0.143. The van der Waals surface area contributed by atoms with Crippen molar-refractivity contribution in [2.45, 2.75) is 111 Å². The van der Waals surface area contributed by atoms with Crippen LogP contribution in [0.15, 0.2) is 24.3 Å². The van der Waals surface area contributed by atoms with Gasteiger partial charge in [0.15, 0.2) is 0 Å². The van der Waals surface area contributed by atoms with Gasteiger partial charge in [-0.05, 0) is 46.1 Å². The maximum absolute atomic E-state index is 13.8. The normalized spacial score (nSPS) is 12.9. The second kappa shape index (κ2) is 17.0. The molecule has 1 aromatic rings. The molecule has 1 aromatic carbocycles. The van der Waals surface area contributed by atoms with Crippen LogP contribution in [0.1, 0.15) is 103 Å². The highest BCUT2D eigenvalue weighted by Crippen LogP contribution is 2.24. The number of ether oxygens (including phenoxy) is 1. The van der Waals surface area contributed by atoms with E-state index in [1.54, 1.807) is 20.8 Å². The summed E-state index contributed by atoms with van der Waals surface area (Å²) in [6.45, 7) is 11.6. The molecule has 8 heteroatoms. The Balaban J connectivity index is 3.30. The van der Waals surface area contributed by atoms with Crippen LogP contribution in [0.25, 0.3) is 0 Å². The number of carbonyl (C=O) groups excluding carboxylic acids is 3. The highest BCUT2D eigenvalue weighted by molar-refractivity contribution is 5.92. The molecule has 0 bridgehead atoms. The third-order valence-corrected chi connectivity index (χ3v) is 5.95. The Morgan fingerprint density at radius 2 is 1.65 bits per heavy atom. The van der Waals surface area contributed by atoms with E-state index >= 15 is 0 Å². The fourth-order valence-corrected chi connectivity index (χ4v) is 4.08. The van der Waals surface area contributed by atoms with E-state index in [4.69, 9.17) is 4.74 Å². The van der Waals surface area contributed by atoms with Crippen LogP contribution in [-0.2, 0) is 14.3 Å². The largest absolute Gasteiger partial charge is 0.444 e. The molecule has 3 N–H and O–H groups in total. The number of hydrogen-bond acceptors (Lipinski definition) is 5. The van der Waals surface area contributed by atoms with Gasteiger partial charge in [-0.3, -0.25) is 9.59 Å². The Bertz CT molecular complexity index is 837. The SMILES string of the molecule is CCCCCCCN(C(=O)C(CO)NC(=O)OC(C)(C)C)C(C(=O)NCCCCC)c1cccc(C)c1. The summed E-state index contributed by atoms with van der Waals surface area (Å²) in [6, 6.07) is 5.45. The van der Waals surface area contributed by atoms with Crippen molar-refractivity contribution in [2.24, 2.45) is 0 Å². The van der Waals surface area contributed by atoms with Crippen LogP contribution in [-0.4, -0.2) is 59.3 Å². The average molecular weight is 520 g/mol. The van der Waals surface area contributed by atoms with Crippen LogP contribution in [0, 0.1) is 6.92 Å². The molecule has 0 aliphatic heterocycles. The second-order valence-corrected chi connectivity index (χ2v) is 10.6. The molecule has 37 heavy (non-hydrogen) atoms. The lowest BCUT2D eigenvalue weighted by Crippen LogP contribution is -2.54. The minimum absolute atomic E-state index is 0.266. The Morgan fingerprint density at radius 3 is 2.24 bits per heavy atom. The first-order valence-corrected chi connectivity index (χ1v) is 13.8. The van der Waals surface area contributed by atoms with E-state index in [1.165, 1.54) is 4.90 Å². The molecular weight excluding hydrogens is 470 g/mol. The van der Waals surface area contributed by atoms with Crippen LogP contribution in [0.2, 0.25) is 0 Å². The molecule has 2 unspecified atom stereocenters. The zero-order valence-electron chi connectivity index (χ0n) is 23.8. The van der Waals surface area contributed by atoms with Crippen LogP contribution in [0.5, 0.6) is 0 Å². The molecular formula is C29H49N3O5. The summed E-state index contributed by atoms with van der Waals surface area (Å²) in [4.78, 5) is 41.3. The van der Waals surface area contributed by atoms with Crippen molar-refractivity contribution in [3.05, 3.63) is 35.4 Å². The van der Waals surface area contributed by atoms with Crippen molar-refractivity contribution >= 4 is 17.9 Å². The number of benzene rings is 1. The summed E-state index contributed by atoms with van der Waals surface area (Å²) in [5.41, 5.74) is 0.917. The molecule has 1 rings (SSSR count). The molecule has 8 nitrogen and oxygen atoms in total. The molecule has 0 aliphatic carbocycles. The van der Waals surface area contributed by atoms with Crippen molar-refractivity contribution in [2.75, 3.05) is 19.7 Å². The minimum atomic E-state index is -1.23. The fraction of sp³-hybridized carbons (Fsp3) is 0.690. The number of rotatable bonds is 16. The number of nitrogens with one attached hydrogen (secondary N) is 2. The van der Waals surface area contributed by atoms with E-state index in [0.717, 1.165) is 50.5 Å². The van der Waals surface area contributed by atoms with Crippen LogP contribution < -0.4 is 10.6 Å². The van der Waals surface area contributed by atoms with Crippen LogP contribution in [0.4, 0.5) is 4.79 Å². The molecule has 0 spiro atoms. The summed E-state index contributed by atoms with van der Waals surface area (Å²) >= 11 is 0. The van der Waals surface area contributed by atoms with E-state index in [0.29, 0.717) is 25.1 Å². The highest BCUT2D eigenvalue weighted by Gasteiger charge is 2.35. The van der Waals surface area contributed by atoms with Gasteiger partial charge in [0.2, 0.25) is 11.8 Å². The number of alkyl carbamates (subject to hydrolysis) is 1. The van der Waals surface area contributed by atoms with Gasteiger partial charge in [0.1, 0.15) is 17.7 Å². The first kappa shape index (κ1) is 32.4. The first-order chi connectivity index (χ1) is 17.5. The van der Waals surface area contributed by atoms with Gasteiger partial charge in [-0.1, -0.05) is 82.2 Å². The Labute approximate surface area is 223 Å².